The van der Waals surface area contributed by atoms with Crippen LogP contribution in [0.3, 0.4) is 0 Å². The van der Waals surface area contributed by atoms with Gasteiger partial charge in [-0.3, -0.25) is 9.59 Å². The predicted octanol–water partition coefficient (Wildman–Crippen LogP) is 1.12. The molecule has 6 heteroatoms. The highest BCUT2D eigenvalue weighted by atomic mass is 32.1. The van der Waals surface area contributed by atoms with Crippen molar-refractivity contribution in [1.29, 1.82) is 0 Å². The number of carbonyl (C=O) groups is 2. The first-order valence-electron chi connectivity index (χ1n) is 6.54. The quantitative estimate of drug-likeness (QED) is 0.847. The van der Waals surface area contributed by atoms with Crippen molar-refractivity contribution in [3.63, 3.8) is 0 Å². The van der Waals surface area contributed by atoms with E-state index in [-0.39, 0.29) is 11.8 Å². The summed E-state index contributed by atoms with van der Waals surface area (Å²) in [6.45, 7) is 4.00. The van der Waals surface area contributed by atoms with Crippen LogP contribution in [0.1, 0.15) is 12.5 Å². The van der Waals surface area contributed by atoms with E-state index in [0.717, 1.165) is 5.56 Å². The van der Waals surface area contributed by atoms with Crippen molar-refractivity contribution < 1.29 is 14.3 Å². The van der Waals surface area contributed by atoms with Crippen LogP contribution < -0.4 is 5.32 Å². The van der Waals surface area contributed by atoms with Crippen LogP contribution in [0, 0.1) is 0 Å². The molecule has 2 heterocycles. The van der Waals surface area contributed by atoms with Crippen LogP contribution in [-0.2, 0) is 14.3 Å². The summed E-state index contributed by atoms with van der Waals surface area (Å²) in [5.41, 5.74) is 0.984. The van der Waals surface area contributed by atoms with Gasteiger partial charge in [-0.2, -0.15) is 11.3 Å². The lowest BCUT2D eigenvalue weighted by Crippen LogP contribution is -2.50. The van der Waals surface area contributed by atoms with Crippen LogP contribution in [0.5, 0.6) is 0 Å². The van der Waals surface area contributed by atoms with Gasteiger partial charge in [-0.15, -0.1) is 0 Å². The molecule has 5 nitrogen and oxygen atoms in total. The summed E-state index contributed by atoms with van der Waals surface area (Å²) in [6.07, 6.45) is 3.18. The van der Waals surface area contributed by atoms with Crippen molar-refractivity contribution in [3.8, 4) is 0 Å². The number of rotatable bonds is 4. The molecule has 1 aliphatic heterocycles. The van der Waals surface area contributed by atoms with Gasteiger partial charge >= 0.3 is 0 Å². The van der Waals surface area contributed by atoms with Crippen LogP contribution in [0.2, 0.25) is 0 Å². The van der Waals surface area contributed by atoms with E-state index in [1.165, 1.54) is 6.08 Å². The third-order valence-electron chi connectivity index (χ3n) is 3.02. The first-order valence-corrected chi connectivity index (χ1v) is 7.48. The standard InChI is InChI=1S/C14H18N2O3S/c1-11(14(18)16-5-7-19-8-6-16)15-13(17)3-2-12-4-9-20-10-12/h2-4,9-11H,5-8H2,1H3,(H,15,17)/b3-2+/t11-/m1/s1. The van der Waals surface area contributed by atoms with Gasteiger partial charge in [0.05, 0.1) is 13.2 Å². The van der Waals surface area contributed by atoms with E-state index in [9.17, 15) is 9.59 Å². The molecule has 1 aromatic heterocycles. The largest absolute Gasteiger partial charge is 0.378 e. The normalized spacial score (nSPS) is 17.1. The molecule has 1 aliphatic rings. The van der Waals surface area contributed by atoms with E-state index in [4.69, 9.17) is 4.74 Å². The van der Waals surface area contributed by atoms with Gasteiger partial charge in [0, 0.05) is 19.2 Å². The van der Waals surface area contributed by atoms with E-state index in [2.05, 4.69) is 5.32 Å². The highest BCUT2D eigenvalue weighted by Crippen LogP contribution is 2.07. The van der Waals surface area contributed by atoms with Crippen LogP contribution in [-0.4, -0.2) is 49.1 Å². The zero-order valence-corrected chi connectivity index (χ0v) is 12.2. The minimum Gasteiger partial charge on any atom is -0.378 e. The molecule has 108 valence electrons. The lowest BCUT2D eigenvalue weighted by molar-refractivity contribution is -0.138. The molecule has 1 atom stereocenters. The Balaban J connectivity index is 1.82. The molecule has 0 aromatic carbocycles. The van der Waals surface area contributed by atoms with Gasteiger partial charge in [0.25, 0.3) is 0 Å². The lowest BCUT2D eigenvalue weighted by atomic mass is 10.2. The summed E-state index contributed by atoms with van der Waals surface area (Å²) in [5.74, 6) is -0.323. The number of ether oxygens (including phenoxy) is 1. The predicted molar refractivity (Wildman–Crippen MR) is 78.4 cm³/mol. The second-order valence-corrected chi connectivity index (χ2v) is 5.34. The van der Waals surface area contributed by atoms with Crippen LogP contribution in [0.25, 0.3) is 6.08 Å². The molecule has 1 fully saturated rings. The Hall–Kier alpha value is -1.66. The van der Waals surface area contributed by atoms with Gasteiger partial charge < -0.3 is 15.0 Å². The molecule has 0 aliphatic carbocycles. The Morgan fingerprint density at radius 2 is 2.20 bits per heavy atom. The number of nitrogens with zero attached hydrogens (tertiary/aromatic N) is 1. The maximum Gasteiger partial charge on any atom is 0.245 e. The topological polar surface area (TPSA) is 58.6 Å². The van der Waals surface area contributed by atoms with Crippen molar-refractivity contribution in [2.75, 3.05) is 26.3 Å². The smallest absolute Gasteiger partial charge is 0.245 e. The summed E-state index contributed by atoms with van der Waals surface area (Å²) >= 11 is 1.57. The Morgan fingerprint density at radius 3 is 2.85 bits per heavy atom. The number of amides is 2. The molecular formula is C14H18N2O3S. The molecule has 1 N–H and O–H groups in total. The molecule has 20 heavy (non-hydrogen) atoms. The van der Waals surface area contributed by atoms with E-state index in [1.807, 2.05) is 16.8 Å². The minimum atomic E-state index is -0.521. The zero-order valence-electron chi connectivity index (χ0n) is 11.4. The summed E-state index contributed by atoms with van der Waals surface area (Å²) in [5, 5.41) is 6.58. The van der Waals surface area contributed by atoms with Crippen molar-refractivity contribution in [1.82, 2.24) is 10.2 Å². The molecule has 0 radical (unpaired) electrons. The Labute approximate surface area is 122 Å². The average molecular weight is 294 g/mol. The summed E-state index contributed by atoms with van der Waals surface area (Å²) in [7, 11) is 0. The summed E-state index contributed by atoms with van der Waals surface area (Å²) < 4.78 is 5.20. The van der Waals surface area contributed by atoms with Crippen molar-refractivity contribution in [2.45, 2.75) is 13.0 Å². The molecular weight excluding hydrogens is 276 g/mol. The maximum atomic E-state index is 12.1. The fourth-order valence-corrected chi connectivity index (χ4v) is 2.55. The second-order valence-electron chi connectivity index (χ2n) is 4.56. The fourth-order valence-electron chi connectivity index (χ4n) is 1.92. The SMILES string of the molecule is C[C@@H](NC(=O)/C=C/c1ccsc1)C(=O)N1CCOCC1. The number of nitrogens with one attached hydrogen (secondary N) is 1. The van der Waals surface area contributed by atoms with E-state index in [1.54, 1.807) is 29.2 Å². The van der Waals surface area contributed by atoms with Gasteiger partial charge in [0.1, 0.15) is 6.04 Å². The van der Waals surface area contributed by atoms with E-state index >= 15 is 0 Å². The third-order valence-corrected chi connectivity index (χ3v) is 3.72. The molecule has 2 amide bonds. The fraction of sp³-hybridized carbons (Fsp3) is 0.429. The monoisotopic (exact) mass is 294 g/mol. The molecule has 0 saturated carbocycles. The number of carbonyl (C=O) groups excluding carboxylic acids is 2. The lowest BCUT2D eigenvalue weighted by Gasteiger charge is -2.29. The first-order chi connectivity index (χ1) is 9.66. The number of hydrogen-bond donors (Lipinski definition) is 1. The highest BCUT2D eigenvalue weighted by molar-refractivity contribution is 7.08. The van der Waals surface area contributed by atoms with Crippen LogP contribution in [0.15, 0.2) is 22.9 Å². The van der Waals surface area contributed by atoms with Crippen molar-refractivity contribution in [2.24, 2.45) is 0 Å². The first kappa shape index (κ1) is 14.7. The van der Waals surface area contributed by atoms with E-state index < -0.39 is 6.04 Å². The molecule has 0 bridgehead atoms. The van der Waals surface area contributed by atoms with Gasteiger partial charge in [-0.1, -0.05) is 0 Å². The average Bonchev–Trinajstić information content (AvgIpc) is 2.98. The number of hydrogen-bond acceptors (Lipinski definition) is 4. The number of thiophene rings is 1. The summed E-state index contributed by atoms with van der Waals surface area (Å²) in [4.78, 5) is 25.6. The van der Waals surface area contributed by atoms with Gasteiger partial charge in [0.2, 0.25) is 11.8 Å². The number of morpholine rings is 1. The zero-order chi connectivity index (χ0) is 14.4. The van der Waals surface area contributed by atoms with Crippen LogP contribution in [0.4, 0.5) is 0 Å². The Bertz CT molecular complexity index is 479. The molecule has 1 aromatic rings. The van der Waals surface area contributed by atoms with Crippen LogP contribution >= 0.6 is 11.3 Å². The molecule has 1 saturated heterocycles. The Kier molecular flexibility index (Phi) is 5.31. The molecule has 0 unspecified atom stereocenters. The minimum absolute atomic E-state index is 0.0643. The molecule has 2 rings (SSSR count). The second kappa shape index (κ2) is 7.21. The van der Waals surface area contributed by atoms with Crippen molar-refractivity contribution >= 4 is 29.2 Å². The van der Waals surface area contributed by atoms with Crippen molar-refractivity contribution in [3.05, 3.63) is 28.5 Å². The highest BCUT2D eigenvalue weighted by Gasteiger charge is 2.22. The van der Waals surface area contributed by atoms with Gasteiger partial charge in [0.15, 0.2) is 0 Å². The van der Waals surface area contributed by atoms with E-state index in [0.29, 0.717) is 26.3 Å². The Morgan fingerprint density at radius 1 is 1.45 bits per heavy atom. The van der Waals surface area contributed by atoms with Gasteiger partial charge in [-0.05, 0) is 35.4 Å². The third kappa shape index (κ3) is 4.18. The maximum absolute atomic E-state index is 12.1. The molecule has 0 spiro atoms. The summed E-state index contributed by atoms with van der Waals surface area (Å²) in [6, 6.07) is 1.41. The van der Waals surface area contributed by atoms with Gasteiger partial charge in [-0.25, -0.2) is 0 Å².